The van der Waals surface area contributed by atoms with E-state index in [2.05, 4.69) is 119 Å². The number of para-hydroxylation sites is 1. The average Bonchev–Trinajstić information content (AvgIpc) is 3.22. The zero-order valence-corrected chi connectivity index (χ0v) is 22.8. The van der Waals surface area contributed by atoms with Crippen molar-refractivity contribution >= 4 is 18.0 Å². The third-order valence-corrected chi connectivity index (χ3v) is 8.54. The molecule has 0 unspecified atom stereocenters. The number of hydrogen-bond donors (Lipinski definition) is 0. The molecule has 3 aliphatic rings. The molecule has 2 aliphatic carbocycles. The van der Waals surface area contributed by atoms with Gasteiger partial charge in [-0.25, -0.2) is 0 Å². The molecule has 0 bridgehead atoms. The number of ether oxygens (including phenoxy) is 2. The van der Waals surface area contributed by atoms with Crippen LogP contribution in [0.3, 0.4) is 0 Å². The van der Waals surface area contributed by atoms with Gasteiger partial charge in [-0.1, -0.05) is 6.07 Å². The molecule has 3 heteroatoms. The first kappa shape index (κ1) is 24.0. The fraction of sp³-hybridized carbons (Fsp3) is 0.194. The Morgan fingerprint density at radius 2 is 1.56 bits per heavy atom. The first-order valence-corrected chi connectivity index (χ1v) is 13.9. The van der Waals surface area contributed by atoms with Crippen molar-refractivity contribution in [3.05, 3.63) is 136 Å². The molecular weight excluding hydrogens is 475 g/mol. The normalized spacial score (nSPS) is 16.8. The molecule has 0 aromatic heterocycles. The Kier molecular flexibility index (Phi) is 5.70. The van der Waals surface area contributed by atoms with Gasteiger partial charge in [0.05, 0.1) is 0 Å². The van der Waals surface area contributed by atoms with Crippen LogP contribution in [0.1, 0.15) is 55.9 Å². The van der Waals surface area contributed by atoms with E-state index in [0.29, 0.717) is 0 Å². The molecule has 190 valence electrons. The molecular formula is C36H31BO2. The Hall–Kier alpha value is -4.11. The fourth-order valence-corrected chi connectivity index (χ4v) is 6.40. The second-order valence-corrected chi connectivity index (χ2v) is 11.3. The Morgan fingerprint density at radius 1 is 0.795 bits per heavy atom. The number of rotatable bonds is 4. The molecule has 0 fully saturated rings. The van der Waals surface area contributed by atoms with Crippen molar-refractivity contribution in [3.8, 4) is 22.6 Å². The van der Waals surface area contributed by atoms with Crippen molar-refractivity contribution in [3.63, 3.8) is 0 Å². The molecule has 0 saturated heterocycles. The predicted octanol–water partition coefficient (Wildman–Crippen LogP) is 8.32. The molecule has 0 amide bonds. The maximum absolute atomic E-state index is 6.87. The summed E-state index contributed by atoms with van der Waals surface area (Å²) in [6, 6.07) is 34.3. The van der Waals surface area contributed by atoms with Gasteiger partial charge < -0.3 is 0 Å². The molecule has 2 nitrogen and oxygen atoms in total. The number of benzene rings is 4. The first-order chi connectivity index (χ1) is 19.0. The van der Waals surface area contributed by atoms with Crippen LogP contribution in [-0.4, -0.2) is 12.4 Å². The Bertz CT molecular complexity index is 1710. The summed E-state index contributed by atoms with van der Waals surface area (Å²) in [6.07, 6.45) is 2.72. The molecule has 4 aromatic carbocycles. The van der Waals surface area contributed by atoms with E-state index < -0.39 is 0 Å². The summed E-state index contributed by atoms with van der Waals surface area (Å²) in [5, 5.41) is 0. The summed E-state index contributed by atoms with van der Waals surface area (Å²) in [5.74, 6) is 3.44. The molecule has 0 N–H and O–H groups in total. The van der Waals surface area contributed by atoms with Gasteiger partial charge in [0.1, 0.15) is 0 Å². The van der Waals surface area contributed by atoms with Crippen LogP contribution in [-0.2, 0) is 11.7 Å². The van der Waals surface area contributed by atoms with Crippen LogP contribution in [0.5, 0.6) is 11.5 Å². The summed E-state index contributed by atoms with van der Waals surface area (Å²) in [5.41, 5.74) is 11.3. The van der Waals surface area contributed by atoms with Gasteiger partial charge in [-0.05, 0) is 0 Å². The topological polar surface area (TPSA) is 18.5 Å². The second kappa shape index (κ2) is 9.27. The van der Waals surface area contributed by atoms with Crippen LogP contribution in [0.25, 0.3) is 16.7 Å². The molecule has 7 rings (SSSR count). The second-order valence-electron chi connectivity index (χ2n) is 11.3. The van der Waals surface area contributed by atoms with Crippen molar-refractivity contribution in [2.45, 2.75) is 45.3 Å². The van der Waals surface area contributed by atoms with E-state index >= 15 is 0 Å². The van der Waals surface area contributed by atoms with Crippen LogP contribution >= 0.6 is 0 Å². The SMILES string of the molecule is CC(=BCc1cccc(-c2cccc3c2OC2=C(CCC4=C2c2ccccc2C4(C)C)O3)c1)c1ccccc1. The van der Waals surface area contributed by atoms with Crippen LogP contribution < -0.4 is 9.47 Å². The van der Waals surface area contributed by atoms with Gasteiger partial charge in [0.15, 0.2) is 0 Å². The molecule has 0 saturated carbocycles. The van der Waals surface area contributed by atoms with Crippen molar-refractivity contribution in [1.82, 2.24) is 0 Å². The van der Waals surface area contributed by atoms with E-state index in [1.165, 1.54) is 38.9 Å². The summed E-state index contributed by atoms with van der Waals surface area (Å²) in [7, 11) is 0. The van der Waals surface area contributed by atoms with E-state index in [4.69, 9.17) is 9.47 Å². The molecule has 0 radical (unpaired) electrons. The van der Waals surface area contributed by atoms with Crippen LogP contribution in [0.15, 0.2) is 114 Å². The zero-order chi connectivity index (χ0) is 26.6. The van der Waals surface area contributed by atoms with Gasteiger partial charge in [-0.3, -0.25) is 0 Å². The molecule has 1 aliphatic heterocycles. The Morgan fingerprint density at radius 3 is 2.44 bits per heavy atom. The molecule has 1 heterocycles. The summed E-state index contributed by atoms with van der Waals surface area (Å²) in [6.45, 7) is 9.16. The summed E-state index contributed by atoms with van der Waals surface area (Å²) in [4.78, 5) is 0. The van der Waals surface area contributed by atoms with E-state index in [1.54, 1.807) is 0 Å². The quantitative estimate of drug-likeness (QED) is 0.259. The van der Waals surface area contributed by atoms with Crippen LogP contribution in [0, 0.1) is 0 Å². The number of allylic oxidation sites excluding steroid dienone is 3. The third kappa shape index (κ3) is 4.00. The van der Waals surface area contributed by atoms with E-state index in [1.807, 2.05) is 6.07 Å². The van der Waals surface area contributed by atoms with Gasteiger partial charge in [0, 0.05) is 0 Å². The number of fused-ring (bicyclic) bond motifs is 4. The van der Waals surface area contributed by atoms with Gasteiger partial charge in [-0.15, -0.1) is 0 Å². The van der Waals surface area contributed by atoms with Gasteiger partial charge in [-0.2, -0.15) is 0 Å². The first-order valence-electron chi connectivity index (χ1n) is 13.9. The third-order valence-electron chi connectivity index (χ3n) is 8.54. The average molecular weight is 506 g/mol. The minimum absolute atomic E-state index is 0.00661. The van der Waals surface area contributed by atoms with Crippen molar-refractivity contribution in [2.75, 3.05) is 0 Å². The summed E-state index contributed by atoms with van der Waals surface area (Å²) < 4.78 is 13.4. The monoisotopic (exact) mass is 506 g/mol. The van der Waals surface area contributed by atoms with E-state index in [9.17, 15) is 0 Å². The van der Waals surface area contributed by atoms with Crippen LogP contribution in [0.2, 0.25) is 0 Å². The molecule has 39 heavy (non-hydrogen) atoms. The van der Waals surface area contributed by atoms with Crippen molar-refractivity contribution in [1.29, 1.82) is 0 Å². The predicted molar refractivity (Wildman–Crippen MR) is 161 cm³/mol. The Labute approximate surface area is 231 Å². The zero-order valence-electron chi connectivity index (χ0n) is 22.8. The summed E-state index contributed by atoms with van der Waals surface area (Å²) >= 11 is 0. The van der Waals surface area contributed by atoms with Crippen molar-refractivity contribution in [2.24, 2.45) is 0 Å². The van der Waals surface area contributed by atoms with Gasteiger partial charge >= 0.3 is 226 Å². The minimum atomic E-state index is -0.00661. The Balaban J connectivity index is 1.24. The standard InChI is InChI=1S/C36H31BO2/c1-23(25-12-5-4-6-13-25)37-22-24-11-9-14-26(21-24)27-16-10-18-31-34(27)39-35-32(38-31)20-19-30-33(35)28-15-7-8-17-29(28)36(30,2)3/h4-18,21H,19-20,22H2,1-3H3. The van der Waals surface area contributed by atoms with Crippen molar-refractivity contribution < 1.29 is 9.47 Å². The molecule has 0 atom stereocenters. The van der Waals surface area contributed by atoms with Crippen LogP contribution in [0.4, 0.5) is 0 Å². The van der Waals surface area contributed by atoms with E-state index in [-0.39, 0.29) is 5.41 Å². The van der Waals surface area contributed by atoms with Gasteiger partial charge in [0.2, 0.25) is 0 Å². The van der Waals surface area contributed by atoms with E-state index in [0.717, 1.165) is 53.3 Å². The van der Waals surface area contributed by atoms with Gasteiger partial charge in [0.25, 0.3) is 0 Å². The molecule has 0 spiro atoms. The fourth-order valence-electron chi connectivity index (χ4n) is 6.40. The molecule has 4 aromatic rings. The maximum atomic E-state index is 6.87. The number of hydrogen-bond acceptors (Lipinski definition) is 2.